The highest BCUT2D eigenvalue weighted by atomic mass is 16.6. The van der Waals surface area contributed by atoms with Crippen LogP contribution in [0.25, 0.3) is 0 Å². The van der Waals surface area contributed by atoms with E-state index in [1.54, 1.807) is 13.0 Å². The maximum atomic E-state index is 12.8. The number of rotatable bonds is 10. The third-order valence-electron chi connectivity index (χ3n) is 8.11. The smallest absolute Gasteiger partial charge is 0.330 e. The van der Waals surface area contributed by atoms with E-state index in [2.05, 4.69) is 254 Å². The third kappa shape index (κ3) is 26.3. The number of nitrogens with one attached hydrogen (secondary N) is 1. The van der Waals surface area contributed by atoms with Crippen LogP contribution in [0.15, 0.2) is 34.0 Å². The number of aromatic amines is 1. The van der Waals surface area contributed by atoms with Crippen molar-refractivity contribution in [1.29, 1.82) is 0 Å². The molecule has 1 aromatic carbocycles. The number of carbonyl (C=O) groups excluding carboxylic acids is 2. The fourth-order valence-corrected chi connectivity index (χ4v) is 4.98. The summed E-state index contributed by atoms with van der Waals surface area (Å²) in [5.41, 5.74) is -0.483. The van der Waals surface area contributed by atoms with Crippen molar-refractivity contribution in [1.82, 2.24) is 9.55 Å². The number of hydrogen-bond acceptors (Lipinski definition) is 9. The number of terminal acetylenes is 2. The van der Waals surface area contributed by atoms with E-state index in [-0.39, 0.29) is 37.4 Å². The Balaban J connectivity index is 1.64. The number of aryl methyl sites for hydroxylation is 1. The van der Waals surface area contributed by atoms with E-state index in [1.807, 2.05) is 6.92 Å². The predicted molar refractivity (Wildman–Crippen MR) is 285 cm³/mol. The van der Waals surface area contributed by atoms with Gasteiger partial charge in [0.15, 0.2) is 5.75 Å². The molecule has 0 spiro atoms. The first-order chi connectivity index (χ1) is 37.7. The predicted octanol–water partition coefficient (Wildman–Crippen LogP) is 1.98. The zero-order valence-electron chi connectivity index (χ0n) is 40.4. The van der Waals surface area contributed by atoms with Gasteiger partial charge in [-0.05, 0) is 120 Å². The van der Waals surface area contributed by atoms with E-state index in [9.17, 15) is 19.2 Å². The summed E-state index contributed by atoms with van der Waals surface area (Å²) in [6.07, 6.45) is 14.2. The summed E-state index contributed by atoms with van der Waals surface area (Å²) < 4.78 is 29.3. The van der Waals surface area contributed by atoms with Gasteiger partial charge in [0.05, 0.1) is 18.9 Å². The second kappa shape index (κ2) is 37.6. The molecule has 0 aliphatic carbocycles. The van der Waals surface area contributed by atoms with Gasteiger partial charge in [-0.15, -0.1) is 12.8 Å². The van der Waals surface area contributed by atoms with Crippen LogP contribution in [0.1, 0.15) is 50.0 Å². The van der Waals surface area contributed by atoms with Crippen LogP contribution in [0.4, 0.5) is 0 Å². The summed E-state index contributed by atoms with van der Waals surface area (Å²) in [4.78, 5) is 52.1. The van der Waals surface area contributed by atoms with Crippen LogP contribution < -0.4 is 20.7 Å². The Labute approximate surface area is 447 Å². The molecule has 11 heteroatoms. The van der Waals surface area contributed by atoms with Gasteiger partial charge in [-0.3, -0.25) is 23.9 Å². The van der Waals surface area contributed by atoms with E-state index in [4.69, 9.17) is 36.5 Å². The molecule has 1 aliphatic rings. The summed E-state index contributed by atoms with van der Waals surface area (Å²) in [6.45, 7) is 3.10. The molecule has 0 saturated carbocycles. The first kappa shape index (κ1) is 58.0. The van der Waals surface area contributed by atoms with Crippen LogP contribution in [0.5, 0.6) is 11.5 Å². The normalized spacial score (nSPS) is 10.9. The minimum Gasteiger partial charge on any atom is -0.461 e. The van der Waals surface area contributed by atoms with Crippen molar-refractivity contribution in [3.63, 3.8) is 0 Å². The Morgan fingerprint density at radius 1 is 0.584 bits per heavy atom. The van der Waals surface area contributed by atoms with E-state index < -0.39 is 41.6 Å². The molecule has 0 bridgehead atoms. The van der Waals surface area contributed by atoms with Gasteiger partial charge in [0.25, 0.3) is 5.56 Å². The van der Waals surface area contributed by atoms with E-state index in [0.717, 1.165) is 0 Å². The van der Waals surface area contributed by atoms with E-state index in [0.29, 0.717) is 17.5 Å². The highest BCUT2D eigenvalue weighted by molar-refractivity contribution is 5.77. The number of H-pyrrole nitrogens is 1. The molecule has 1 N–H and O–H groups in total. The molecule has 2 aromatic rings. The van der Waals surface area contributed by atoms with Crippen molar-refractivity contribution < 1.29 is 33.3 Å². The lowest BCUT2D eigenvalue weighted by Crippen LogP contribution is -2.33. The number of carbonyl (C=O) groups is 2. The molecule has 11 nitrogen and oxygen atoms in total. The van der Waals surface area contributed by atoms with Gasteiger partial charge in [-0.25, -0.2) is 4.79 Å². The fourth-order valence-electron chi connectivity index (χ4n) is 4.98. The summed E-state index contributed by atoms with van der Waals surface area (Å²) in [7, 11) is 0. The second-order valence-electron chi connectivity index (χ2n) is 13.2. The first-order valence-corrected chi connectivity index (χ1v) is 21.5. The van der Waals surface area contributed by atoms with Crippen molar-refractivity contribution in [3.8, 4) is 273 Å². The Kier molecular flexibility index (Phi) is 28.3. The summed E-state index contributed by atoms with van der Waals surface area (Å²) in [6, 6.07) is 4.51. The van der Waals surface area contributed by atoms with Gasteiger partial charge in [0.1, 0.15) is 36.9 Å². The molecule has 3 atom stereocenters. The first-order valence-electron chi connectivity index (χ1n) is 21.5. The van der Waals surface area contributed by atoms with Crippen LogP contribution in [0.3, 0.4) is 0 Å². The molecular weight excluding hydrogens is 965 g/mol. The SMILES string of the molecule is C#CC#CC#CC#CC#CC#CC#CC#CC#CC#CC#COc1ccc(COC(=O)CCC(=O)OC2CC(n3cc(C)c(=O)[nH]c3=O)OC2CC)c(OC#CC#CC#CC#CC#CC#CC#CC#CC#CC#CC#C)c1. The summed E-state index contributed by atoms with van der Waals surface area (Å²) >= 11 is 0. The van der Waals surface area contributed by atoms with Crippen molar-refractivity contribution in [3.05, 3.63) is 56.4 Å². The maximum Gasteiger partial charge on any atom is 0.330 e. The Bertz CT molecular complexity index is 4310. The average Bonchev–Trinajstić information content (AvgIpc) is 3.84. The largest absolute Gasteiger partial charge is 0.461 e. The molecule has 1 fully saturated rings. The van der Waals surface area contributed by atoms with Crippen LogP contribution in [-0.2, 0) is 30.4 Å². The lowest BCUT2D eigenvalue weighted by Gasteiger charge is -2.17. The minimum atomic E-state index is -0.770. The fraction of sp³-hybridized carbons (Fsp3) is 0.152. The Morgan fingerprint density at radius 3 is 1.42 bits per heavy atom. The number of esters is 2. The van der Waals surface area contributed by atoms with Crippen LogP contribution in [0, 0.1) is 269 Å². The molecule has 3 unspecified atom stereocenters. The highest BCUT2D eigenvalue weighted by Crippen LogP contribution is 2.32. The van der Waals surface area contributed by atoms with Gasteiger partial charge >= 0.3 is 17.6 Å². The molecular formula is C66H26N2O9. The van der Waals surface area contributed by atoms with Crippen LogP contribution >= 0.6 is 0 Å². The topological polar surface area (TPSA) is 135 Å². The van der Waals surface area contributed by atoms with Crippen LogP contribution in [0.2, 0.25) is 0 Å². The third-order valence-corrected chi connectivity index (χ3v) is 8.11. The Hall–Kier alpha value is -13.3. The zero-order valence-corrected chi connectivity index (χ0v) is 40.4. The molecule has 3 rings (SSSR count). The van der Waals surface area contributed by atoms with Gasteiger partial charge in [-0.2, -0.15) is 0 Å². The number of nitrogens with zero attached hydrogens (tertiary/aromatic N) is 1. The molecule has 0 amide bonds. The second-order valence-corrected chi connectivity index (χ2v) is 13.2. The Morgan fingerprint density at radius 2 is 0.987 bits per heavy atom. The highest BCUT2D eigenvalue weighted by Gasteiger charge is 2.38. The maximum absolute atomic E-state index is 12.8. The molecule has 354 valence electrons. The molecule has 1 saturated heterocycles. The molecule has 1 aromatic heterocycles. The minimum absolute atomic E-state index is 0.120. The standard InChI is InChI=1S/C66H26N2O9/c1-5-8-10-12-14-16-18-20-22-24-26-28-30-32-34-36-38-40-42-44-50-73-58-47-46-57(60(52-58)74-51-45-43-41-39-37-35-33-31-29-27-25-23-21-19-17-15-13-11-9-6-2)55-75-63(69)48-49-64(70)77-61-53-62(76-59(61)7-3)68-54-56(4)65(71)67-66(68)72/h1-2,46-47,52,54,59,61-62H,7,48-49,53,55H2,3-4H3,(H,67,71,72). The monoisotopic (exact) mass is 990 g/mol. The lowest BCUT2D eigenvalue weighted by atomic mass is 10.1. The average molecular weight is 991 g/mol. The van der Waals surface area contributed by atoms with Gasteiger partial charge in [0.2, 0.25) is 0 Å². The molecule has 0 radical (unpaired) electrons. The number of benzene rings is 1. The van der Waals surface area contributed by atoms with Crippen molar-refractivity contribution in [2.24, 2.45) is 0 Å². The zero-order chi connectivity index (χ0) is 55.2. The van der Waals surface area contributed by atoms with Crippen molar-refractivity contribution >= 4 is 11.9 Å². The van der Waals surface area contributed by atoms with Crippen LogP contribution in [-0.4, -0.2) is 33.7 Å². The summed E-state index contributed by atoms with van der Waals surface area (Å²) in [5.74, 6) is 97.0. The molecule has 2 heterocycles. The lowest BCUT2D eigenvalue weighted by molar-refractivity contribution is -0.156. The van der Waals surface area contributed by atoms with Gasteiger partial charge in [0, 0.05) is 172 Å². The quantitative estimate of drug-likeness (QED) is 0.281. The van der Waals surface area contributed by atoms with Crippen molar-refractivity contribution in [2.45, 2.75) is 64.6 Å². The van der Waals surface area contributed by atoms with Gasteiger partial charge < -0.3 is 23.7 Å². The van der Waals surface area contributed by atoms with E-state index in [1.165, 1.54) is 22.9 Å². The van der Waals surface area contributed by atoms with Crippen molar-refractivity contribution in [2.75, 3.05) is 0 Å². The number of aromatic nitrogens is 2. The molecule has 1 aliphatic heterocycles. The number of hydrogen-bond donors (Lipinski definition) is 1. The summed E-state index contributed by atoms with van der Waals surface area (Å²) in [5, 5.41) is 0. The van der Waals surface area contributed by atoms with E-state index >= 15 is 0 Å². The van der Waals surface area contributed by atoms with Gasteiger partial charge in [-0.1, -0.05) is 6.92 Å². The molecule has 77 heavy (non-hydrogen) atoms. The number of ether oxygens (including phenoxy) is 5.